The second-order valence-corrected chi connectivity index (χ2v) is 19.4. The normalized spacial score (nSPS) is 11.3. The molecule has 0 atom stereocenters. The monoisotopic (exact) mass is 825 g/mol. The molecule has 0 unspecified atom stereocenters. The summed E-state index contributed by atoms with van der Waals surface area (Å²) in [7, 11) is -1.23. The van der Waals surface area contributed by atoms with Crippen molar-refractivity contribution in [3.05, 3.63) is 138 Å². The average molecular weight is 825 g/mol. The van der Waals surface area contributed by atoms with E-state index in [1.165, 1.54) is 53.2 Å². The largest absolute Gasteiger partial charge is 0.305 e. The van der Waals surface area contributed by atoms with Crippen molar-refractivity contribution in [1.29, 1.82) is 0 Å². The predicted molar refractivity (Wildman–Crippen MR) is 202 cm³/mol. The molecule has 0 aliphatic carbocycles. The molecular formula is C42H40IrN2SSi-2. The maximum atomic E-state index is 4.62. The number of aryl methyl sites for hydroxylation is 2. The molecule has 0 fully saturated rings. The molecule has 239 valence electrons. The molecule has 0 saturated heterocycles. The van der Waals surface area contributed by atoms with Crippen LogP contribution >= 0.6 is 11.3 Å². The van der Waals surface area contributed by atoms with E-state index in [2.05, 4.69) is 142 Å². The van der Waals surface area contributed by atoms with Gasteiger partial charge in [0.2, 0.25) is 0 Å². The molecule has 0 N–H and O–H groups in total. The van der Waals surface area contributed by atoms with E-state index >= 15 is 0 Å². The summed E-state index contributed by atoms with van der Waals surface area (Å²) in [6, 6.07) is 40.8. The van der Waals surface area contributed by atoms with Gasteiger partial charge in [-0.05, 0) is 74.7 Å². The van der Waals surface area contributed by atoms with Crippen LogP contribution in [0, 0.1) is 26.0 Å². The van der Waals surface area contributed by atoms with Crippen molar-refractivity contribution in [3.63, 3.8) is 0 Å². The molecule has 0 aliphatic heterocycles. The Morgan fingerprint density at radius 1 is 0.723 bits per heavy atom. The molecule has 1 radical (unpaired) electrons. The number of pyridine rings is 2. The third-order valence-electron chi connectivity index (χ3n) is 8.52. The van der Waals surface area contributed by atoms with E-state index in [1.54, 1.807) is 0 Å². The van der Waals surface area contributed by atoms with Crippen LogP contribution in [0.15, 0.2) is 109 Å². The summed E-state index contributed by atoms with van der Waals surface area (Å²) in [6.45, 7) is 15.8. The fourth-order valence-electron chi connectivity index (χ4n) is 5.83. The van der Waals surface area contributed by atoms with E-state index in [1.807, 2.05) is 48.0 Å². The summed E-state index contributed by atoms with van der Waals surface area (Å²) in [6.07, 6.45) is 3.93. The van der Waals surface area contributed by atoms with Gasteiger partial charge in [-0.3, -0.25) is 0 Å². The SMILES string of the molecule is C[Si](C)(C)c1ccc(-c2[c-]cccc2)nc1.Cc1cccc(C)c1-c1cccc2c1sc1c[c-]c(-c3cc(C(C)C)ccn3)cc12.[Ir]. The van der Waals surface area contributed by atoms with Crippen molar-refractivity contribution in [2.24, 2.45) is 0 Å². The standard InChI is InChI=1S/C28H24NS.C14H16NSi.Ir/c1-17(2)20-13-14-29-25(16-20)21-11-12-26-24(15-21)22-9-6-10-23(28(22)30-26)27-18(3)7-5-8-19(27)4;1-16(2,3)13-9-10-14(15-11-13)12-7-5-4-6-8-12;/h5-10,12-17H,1-4H3;4-7,9-11H,1-3H3;/q2*-1;. The topological polar surface area (TPSA) is 25.8 Å². The Bertz CT molecular complexity index is 2110. The zero-order chi connectivity index (χ0) is 32.4. The van der Waals surface area contributed by atoms with Gasteiger partial charge in [-0.2, -0.15) is 11.3 Å². The first-order valence-electron chi connectivity index (χ1n) is 15.9. The Morgan fingerprint density at radius 3 is 2.15 bits per heavy atom. The number of thiophene rings is 1. The molecular weight excluding hydrogens is 785 g/mol. The van der Waals surface area contributed by atoms with Gasteiger partial charge in [-0.1, -0.05) is 99.0 Å². The molecule has 4 aromatic carbocycles. The molecule has 5 heteroatoms. The minimum absolute atomic E-state index is 0. The van der Waals surface area contributed by atoms with Crippen LogP contribution in [0.2, 0.25) is 19.6 Å². The van der Waals surface area contributed by atoms with Crippen LogP contribution in [0.4, 0.5) is 0 Å². The number of hydrogen-bond donors (Lipinski definition) is 0. The van der Waals surface area contributed by atoms with Gasteiger partial charge in [-0.25, -0.2) is 0 Å². The zero-order valence-corrected chi connectivity index (χ0v) is 32.3. The van der Waals surface area contributed by atoms with Gasteiger partial charge in [0.1, 0.15) is 0 Å². The van der Waals surface area contributed by atoms with Gasteiger partial charge in [-0.15, -0.1) is 59.7 Å². The van der Waals surface area contributed by atoms with Gasteiger partial charge in [0.25, 0.3) is 0 Å². The number of aromatic nitrogens is 2. The Kier molecular flexibility index (Phi) is 10.7. The van der Waals surface area contributed by atoms with Crippen LogP contribution in [0.1, 0.15) is 36.5 Å². The Hall–Kier alpha value is -3.73. The van der Waals surface area contributed by atoms with Crippen molar-refractivity contribution in [2.75, 3.05) is 0 Å². The summed E-state index contributed by atoms with van der Waals surface area (Å²) >= 11 is 1.86. The number of hydrogen-bond acceptors (Lipinski definition) is 3. The summed E-state index contributed by atoms with van der Waals surface area (Å²) < 4.78 is 2.62. The van der Waals surface area contributed by atoms with Crippen LogP contribution in [0.3, 0.4) is 0 Å². The third-order valence-corrected chi connectivity index (χ3v) is 11.8. The molecule has 0 spiro atoms. The minimum Gasteiger partial charge on any atom is -0.305 e. The summed E-state index contributed by atoms with van der Waals surface area (Å²) in [5.41, 5.74) is 10.7. The molecule has 7 aromatic rings. The second kappa shape index (κ2) is 14.6. The van der Waals surface area contributed by atoms with Crippen molar-refractivity contribution in [1.82, 2.24) is 9.97 Å². The smallest absolute Gasteiger partial charge is 0.0795 e. The molecule has 47 heavy (non-hydrogen) atoms. The van der Waals surface area contributed by atoms with Crippen LogP contribution in [0.5, 0.6) is 0 Å². The Labute approximate surface area is 298 Å². The molecule has 0 bridgehead atoms. The zero-order valence-electron chi connectivity index (χ0n) is 28.1. The second-order valence-electron chi connectivity index (χ2n) is 13.3. The van der Waals surface area contributed by atoms with Gasteiger partial charge in [0.05, 0.1) is 8.07 Å². The summed E-state index contributed by atoms with van der Waals surface area (Å²) in [5.74, 6) is 0.484. The van der Waals surface area contributed by atoms with Crippen LogP contribution < -0.4 is 5.19 Å². The van der Waals surface area contributed by atoms with E-state index in [9.17, 15) is 0 Å². The molecule has 0 saturated carbocycles. The van der Waals surface area contributed by atoms with Gasteiger partial charge in [0, 0.05) is 37.2 Å². The van der Waals surface area contributed by atoms with E-state index in [0.29, 0.717) is 5.92 Å². The fraction of sp³-hybridized carbons (Fsp3) is 0.190. The summed E-state index contributed by atoms with van der Waals surface area (Å²) in [4.78, 5) is 9.14. The van der Waals surface area contributed by atoms with Crippen LogP contribution in [-0.4, -0.2) is 18.0 Å². The van der Waals surface area contributed by atoms with Gasteiger partial charge in [0.15, 0.2) is 0 Å². The molecule has 0 amide bonds. The first-order chi connectivity index (χ1) is 22.1. The average Bonchev–Trinajstić information content (AvgIpc) is 3.44. The minimum atomic E-state index is -1.23. The maximum Gasteiger partial charge on any atom is 0.0795 e. The van der Waals surface area contributed by atoms with E-state index in [4.69, 9.17) is 0 Å². The van der Waals surface area contributed by atoms with E-state index < -0.39 is 8.07 Å². The maximum absolute atomic E-state index is 4.62. The molecule has 2 nitrogen and oxygen atoms in total. The van der Waals surface area contributed by atoms with Gasteiger partial charge < -0.3 is 9.97 Å². The van der Waals surface area contributed by atoms with Crippen LogP contribution in [-0.2, 0) is 20.1 Å². The van der Waals surface area contributed by atoms with Crippen molar-refractivity contribution >= 4 is 44.8 Å². The quantitative estimate of drug-likeness (QED) is 0.128. The Morgan fingerprint density at radius 2 is 1.49 bits per heavy atom. The predicted octanol–water partition coefficient (Wildman–Crippen LogP) is 11.4. The first-order valence-corrected chi connectivity index (χ1v) is 20.3. The fourth-order valence-corrected chi connectivity index (χ4v) is 8.05. The van der Waals surface area contributed by atoms with E-state index in [-0.39, 0.29) is 20.1 Å². The van der Waals surface area contributed by atoms with Crippen molar-refractivity contribution in [3.8, 4) is 33.6 Å². The Balaban J connectivity index is 0.000000217. The number of fused-ring (bicyclic) bond motifs is 3. The van der Waals surface area contributed by atoms with Gasteiger partial charge >= 0.3 is 0 Å². The van der Waals surface area contributed by atoms with Crippen LogP contribution in [0.25, 0.3) is 53.8 Å². The molecule has 3 heterocycles. The number of nitrogens with zero attached hydrogens (tertiary/aromatic N) is 2. The third kappa shape index (κ3) is 7.55. The first kappa shape index (κ1) is 34.6. The number of rotatable bonds is 5. The molecule has 7 rings (SSSR count). The molecule has 3 aromatic heterocycles. The van der Waals surface area contributed by atoms with Crippen molar-refractivity contribution < 1.29 is 20.1 Å². The van der Waals surface area contributed by atoms with E-state index in [0.717, 1.165) is 22.5 Å². The van der Waals surface area contributed by atoms with Crippen molar-refractivity contribution in [2.45, 2.75) is 53.3 Å². The molecule has 0 aliphatic rings. The number of benzene rings is 4. The summed E-state index contributed by atoms with van der Waals surface area (Å²) in [5, 5.41) is 3.99.